The van der Waals surface area contributed by atoms with E-state index in [9.17, 15) is 0 Å². The molecule has 1 aliphatic rings. The lowest BCUT2D eigenvalue weighted by atomic mass is 10.1. The maximum atomic E-state index is 8.22. The van der Waals surface area contributed by atoms with E-state index < -0.39 is 0 Å². The van der Waals surface area contributed by atoms with Crippen molar-refractivity contribution in [1.82, 2.24) is 9.80 Å². The second-order valence-electron chi connectivity index (χ2n) is 5.07. The molecule has 0 aromatic heterocycles. The zero-order valence-electron chi connectivity index (χ0n) is 10.9. The molecule has 0 saturated carbocycles. The van der Waals surface area contributed by atoms with Crippen LogP contribution in [0.1, 0.15) is 24.5 Å². The van der Waals surface area contributed by atoms with Crippen LogP contribution in [0.15, 0.2) is 24.3 Å². The Kier molecular flexibility index (Phi) is 3.48. The van der Waals surface area contributed by atoms with Gasteiger partial charge in [-0.25, -0.2) is 0 Å². The average molecular weight is 231 g/mol. The van der Waals surface area contributed by atoms with Gasteiger partial charge in [0.25, 0.3) is 0 Å². The lowest BCUT2D eigenvalue weighted by Crippen LogP contribution is -2.35. The molecule has 0 radical (unpaired) electrons. The van der Waals surface area contributed by atoms with E-state index in [4.69, 9.17) is 5.41 Å². The number of benzene rings is 1. The van der Waals surface area contributed by atoms with E-state index in [1.165, 1.54) is 5.56 Å². The molecule has 17 heavy (non-hydrogen) atoms. The minimum absolute atomic E-state index is 0.428. The maximum absolute atomic E-state index is 8.22. The summed E-state index contributed by atoms with van der Waals surface area (Å²) in [5.41, 5.74) is 2.39. The van der Waals surface area contributed by atoms with Gasteiger partial charge < -0.3 is 9.80 Å². The van der Waals surface area contributed by atoms with Crippen LogP contribution in [-0.4, -0.2) is 42.3 Å². The molecule has 0 fully saturated rings. The molecule has 2 rings (SSSR count). The van der Waals surface area contributed by atoms with E-state index in [1.54, 1.807) is 0 Å². The van der Waals surface area contributed by atoms with E-state index in [2.05, 4.69) is 49.0 Å². The first kappa shape index (κ1) is 12.1. The first-order valence-corrected chi connectivity index (χ1v) is 6.18. The molecule has 92 valence electrons. The van der Waals surface area contributed by atoms with Gasteiger partial charge >= 0.3 is 0 Å². The molecule has 1 aromatic carbocycles. The molecule has 0 amide bonds. The van der Waals surface area contributed by atoms with Gasteiger partial charge in [-0.3, -0.25) is 5.41 Å². The van der Waals surface area contributed by atoms with Gasteiger partial charge in [-0.15, -0.1) is 0 Å². The van der Waals surface area contributed by atoms with Crippen LogP contribution >= 0.6 is 0 Å². The van der Waals surface area contributed by atoms with Gasteiger partial charge in [-0.1, -0.05) is 24.3 Å². The smallest absolute Gasteiger partial charge is 0.128 e. The second-order valence-corrected chi connectivity index (χ2v) is 5.07. The second kappa shape index (κ2) is 4.88. The third kappa shape index (κ3) is 2.50. The monoisotopic (exact) mass is 231 g/mol. The third-order valence-corrected chi connectivity index (χ3v) is 3.43. The Hall–Kier alpha value is -1.35. The number of hydrogen-bond acceptors (Lipinski definition) is 2. The van der Waals surface area contributed by atoms with Crippen LogP contribution in [0.25, 0.3) is 0 Å². The van der Waals surface area contributed by atoms with E-state index in [1.807, 2.05) is 6.07 Å². The zero-order chi connectivity index (χ0) is 12.4. The van der Waals surface area contributed by atoms with Gasteiger partial charge in [0.2, 0.25) is 0 Å². The lowest BCUT2D eigenvalue weighted by Gasteiger charge is -2.27. The van der Waals surface area contributed by atoms with Gasteiger partial charge in [0, 0.05) is 18.2 Å². The van der Waals surface area contributed by atoms with Crippen LogP contribution in [-0.2, 0) is 6.54 Å². The Morgan fingerprint density at radius 1 is 1.35 bits per heavy atom. The molecular formula is C14H21N3. The predicted octanol–water partition coefficient (Wildman–Crippen LogP) is 2.17. The SMILES string of the molecule is CC(CCN(C)C)N1Cc2ccccc2C1=N. The van der Waals surface area contributed by atoms with Crippen molar-refractivity contribution in [1.29, 1.82) is 5.41 Å². The van der Waals surface area contributed by atoms with E-state index in [0.717, 1.165) is 25.1 Å². The molecule has 1 aromatic rings. The van der Waals surface area contributed by atoms with Crippen LogP contribution in [0.4, 0.5) is 0 Å². The summed E-state index contributed by atoms with van der Waals surface area (Å²) in [5.74, 6) is 0.687. The van der Waals surface area contributed by atoms with Gasteiger partial charge in [-0.05, 0) is 39.5 Å². The summed E-state index contributed by atoms with van der Waals surface area (Å²) in [6.45, 7) is 4.18. The van der Waals surface area contributed by atoms with Gasteiger partial charge in [0.05, 0.1) is 0 Å². The van der Waals surface area contributed by atoms with Crippen molar-refractivity contribution in [3.05, 3.63) is 35.4 Å². The fourth-order valence-corrected chi connectivity index (χ4v) is 2.28. The Morgan fingerprint density at radius 2 is 2.06 bits per heavy atom. The standard InChI is InChI=1S/C14H21N3/c1-11(8-9-16(2)3)17-10-12-6-4-5-7-13(12)14(17)15/h4-7,11,15H,8-10H2,1-3H3. The summed E-state index contributed by atoms with van der Waals surface area (Å²) < 4.78 is 0. The van der Waals surface area contributed by atoms with Crippen LogP contribution in [0.2, 0.25) is 0 Å². The number of nitrogens with zero attached hydrogens (tertiary/aromatic N) is 2. The molecule has 0 saturated heterocycles. The summed E-state index contributed by atoms with van der Waals surface area (Å²) in [4.78, 5) is 4.40. The van der Waals surface area contributed by atoms with Crippen LogP contribution < -0.4 is 0 Å². The average Bonchev–Trinajstić information content (AvgIpc) is 2.64. The Labute approximate surface area is 104 Å². The fraction of sp³-hybridized carbons (Fsp3) is 0.500. The quantitative estimate of drug-likeness (QED) is 0.861. The molecule has 0 bridgehead atoms. The van der Waals surface area contributed by atoms with E-state index >= 15 is 0 Å². The summed E-state index contributed by atoms with van der Waals surface area (Å²) in [6.07, 6.45) is 1.10. The van der Waals surface area contributed by atoms with Gasteiger partial charge in [-0.2, -0.15) is 0 Å². The highest BCUT2D eigenvalue weighted by Gasteiger charge is 2.26. The molecule has 0 aliphatic carbocycles. The molecule has 1 heterocycles. The van der Waals surface area contributed by atoms with Crippen molar-refractivity contribution in [3.63, 3.8) is 0 Å². The van der Waals surface area contributed by atoms with E-state index in [-0.39, 0.29) is 0 Å². The molecule has 1 atom stereocenters. The van der Waals surface area contributed by atoms with Crippen LogP contribution in [0, 0.1) is 5.41 Å². The number of amidine groups is 1. The van der Waals surface area contributed by atoms with E-state index in [0.29, 0.717) is 11.9 Å². The van der Waals surface area contributed by atoms with Crippen molar-refractivity contribution >= 4 is 5.84 Å². The number of hydrogen-bond donors (Lipinski definition) is 1. The molecule has 1 unspecified atom stereocenters. The molecule has 1 N–H and O–H groups in total. The Bertz CT molecular complexity index is 412. The normalized spacial score (nSPS) is 16.5. The zero-order valence-corrected chi connectivity index (χ0v) is 10.9. The highest BCUT2D eigenvalue weighted by Crippen LogP contribution is 2.24. The first-order valence-electron chi connectivity index (χ1n) is 6.18. The summed E-state index contributed by atoms with van der Waals surface area (Å²) in [6, 6.07) is 8.68. The highest BCUT2D eigenvalue weighted by atomic mass is 15.2. The van der Waals surface area contributed by atoms with Crippen LogP contribution in [0.3, 0.4) is 0 Å². The lowest BCUT2D eigenvalue weighted by molar-refractivity contribution is 0.281. The van der Waals surface area contributed by atoms with Crippen molar-refractivity contribution in [2.24, 2.45) is 0 Å². The molecule has 0 spiro atoms. The first-order chi connectivity index (χ1) is 8.09. The molecule has 3 heteroatoms. The largest absolute Gasteiger partial charge is 0.349 e. The minimum Gasteiger partial charge on any atom is -0.349 e. The van der Waals surface area contributed by atoms with Gasteiger partial charge in [0.1, 0.15) is 5.84 Å². The molecular weight excluding hydrogens is 210 g/mol. The van der Waals surface area contributed by atoms with Crippen molar-refractivity contribution in [2.45, 2.75) is 25.9 Å². The van der Waals surface area contributed by atoms with Crippen LogP contribution in [0.5, 0.6) is 0 Å². The summed E-state index contributed by atoms with van der Waals surface area (Å²) >= 11 is 0. The maximum Gasteiger partial charge on any atom is 0.128 e. The third-order valence-electron chi connectivity index (χ3n) is 3.43. The Balaban J connectivity index is 2.04. The summed E-state index contributed by atoms with van der Waals surface area (Å²) in [5, 5.41) is 8.22. The number of fused-ring (bicyclic) bond motifs is 1. The number of nitrogens with one attached hydrogen (secondary N) is 1. The highest BCUT2D eigenvalue weighted by molar-refractivity contribution is 6.00. The fourth-order valence-electron chi connectivity index (χ4n) is 2.28. The predicted molar refractivity (Wildman–Crippen MR) is 71.4 cm³/mol. The van der Waals surface area contributed by atoms with Crippen molar-refractivity contribution in [3.8, 4) is 0 Å². The molecule has 1 aliphatic heterocycles. The van der Waals surface area contributed by atoms with Gasteiger partial charge in [0.15, 0.2) is 0 Å². The number of rotatable bonds is 4. The van der Waals surface area contributed by atoms with Crippen molar-refractivity contribution < 1.29 is 0 Å². The Morgan fingerprint density at radius 3 is 2.71 bits per heavy atom. The molecule has 3 nitrogen and oxygen atoms in total. The topological polar surface area (TPSA) is 30.3 Å². The minimum atomic E-state index is 0.428. The summed E-state index contributed by atoms with van der Waals surface area (Å²) in [7, 11) is 4.19. The van der Waals surface area contributed by atoms with Crippen molar-refractivity contribution in [2.75, 3.05) is 20.6 Å².